The Hall–Kier alpha value is -3.35. The van der Waals surface area contributed by atoms with Crippen LogP contribution in [-0.2, 0) is 0 Å². The van der Waals surface area contributed by atoms with E-state index < -0.39 is 0 Å². The van der Waals surface area contributed by atoms with Crippen molar-refractivity contribution >= 4 is 47.1 Å². The Morgan fingerprint density at radius 2 is 1.77 bits per heavy atom. The number of hydrogen-bond acceptors (Lipinski definition) is 5. The molecule has 7 heteroatoms. The molecular formula is C28H22ClN3O2S. The van der Waals surface area contributed by atoms with Crippen molar-refractivity contribution in [2.45, 2.75) is 41.5 Å². The molecule has 1 fully saturated rings. The van der Waals surface area contributed by atoms with Gasteiger partial charge in [0.05, 0.1) is 11.3 Å². The predicted octanol–water partition coefficient (Wildman–Crippen LogP) is 7.61. The van der Waals surface area contributed by atoms with Crippen molar-refractivity contribution in [1.29, 1.82) is 0 Å². The number of rotatable bonds is 4. The second kappa shape index (κ2) is 9.36. The van der Waals surface area contributed by atoms with E-state index in [1.165, 1.54) is 0 Å². The molecule has 4 aromatic rings. The molecule has 174 valence electrons. The molecule has 6 rings (SSSR count). The van der Waals surface area contributed by atoms with Gasteiger partial charge >= 0.3 is 0 Å². The number of hydrogen-bond donors (Lipinski definition) is 0. The highest BCUT2D eigenvalue weighted by atomic mass is 35.5. The normalized spacial score (nSPS) is 15.9. The molecule has 0 N–H and O–H groups in total. The summed E-state index contributed by atoms with van der Waals surface area (Å²) in [5.74, 6) is 0.983. The molecule has 0 unspecified atom stereocenters. The molecular weight excluding hydrogens is 478 g/mol. The van der Waals surface area contributed by atoms with E-state index in [9.17, 15) is 4.79 Å². The zero-order chi connectivity index (χ0) is 23.8. The maximum absolute atomic E-state index is 13.6. The molecule has 3 aromatic carbocycles. The van der Waals surface area contributed by atoms with E-state index in [1.807, 2.05) is 71.6 Å². The highest BCUT2D eigenvalue weighted by Gasteiger charge is 2.34. The van der Waals surface area contributed by atoms with Crippen LogP contribution in [-0.4, -0.2) is 22.1 Å². The van der Waals surface area contributed by atoms with Gasteiger partial charge in [-0.1, -0.05) is 71.7 Å². The summed E-state index contributed by atoms with van der Waals surface area (Å²) < 4.78 is 5.46. The molecule has 0 bridgehead atoms. The van der Waals surface area contributed by atoms with Crippen LogP contribution in [0.25, 0.3) is 23.5 Å². The van der Waals surface area contributed by atoms with E-state index >= 15 is 0 Å². The molecule has 1 saturated carbocycles. The molecule has 1 aliphatic carbocycles. The number of anilines is 1. The van der Waals surface area contributed by atoms with Gasteiger partial charge in [-0.2, -0.15) is 4.98 Å². The zero-order valence-electron chi connectivity index (χ0n) is 18.9. The van der Waals surface area contributed by atoms with Gasteiger partial charge in [-0.05, 0) is 60.9 Å². The van der Waals surface area contributed by atoms with Crippen molar-refractivity contribution in [3.05, 3.63) is 88.8 Å². The number of halogens is 1. The number of carbonyl (C=O) groups excluding carboxylic acids is 1. The maximum atomic E-state index is 13.6. The Morgan fingerprint density at radius 1 is 0.971 bits per heavy atom. The van der Waals surface area contributed by atoms with Gasteiger partial charge in [0.15, 0.2) is 0 Å². The van der Waals surface area contributed by atoms with Crippen LogP contribution in [0.1, 0.15) is 47.5 Å². The average molecular weight is 500 g/mol. The van der Waals surface area contributed by atoms with Gasteiger partial charge in [0.25, 0.3) is 11.8 Å². The van der Waals surface area contributed by atoms with E-state index in [2.05, 4.69) is 16.2 Å². The summed E-state index contributed by atoms with van der Waals surface area (Å²) in [6, 6.07) is 21.7. The molecule has 1 aromatic heterocycles. The minimum atomic E-state index is 0.0815. The third kappa shape index (κ3) is 4.28. The van der Waals surface area contributed by atoms with Crippen LogP contribution in [0.15, 0.2) is 81.0 Å². The molecule has 5 nitrogen and oxygen atoms in total. The first-order chi connectivity index (χ1) is 17.2. The lowest BCUT2D eigenvalue weighted by molar-refractivity contribution is 0.0974. The highest BCUT2D eigenvalue weighted by Crippen LogP contribution is 2.45. The zero-order valence-corrected chi connectivity index (χ0v) is 20.4. The molecule has 1 amide bonds. The standard InChI is InChI=1S/C28H22ClN3O2S/c29-22-11-5-1-7-18(22)14-16-26-30-27(31-34-26)19-13-15-23-25(17-19)35-24-12-6-4-10-21(24)28(33)32(23)20-8-2-3-9-20/h1,4-7,10-17,20H,2-3,8-9H2/b16-14+. The Kier molecular flexibility index (Phi) is 5.92. The van der Waals surface area contributed by atoms with Gasteiger partial charge in [0.2, 0.25) is 5.82 Å². The van der Waals surface area contributed by atoms with Gasteiger partial charge in [-0.25, -0.2) is 0 Å². The lowest BCUT2D eigenvalue weighted by Crippen LogP contribution is -2.39. The van der Waals surface area contributed by atoms with E-state index in [4.69, 9.17) is 16.1 Å². The summed E-state index contributed by atoms with van der Waals surface area (Å²) in [6.45, 7) is 0. The van der Waals surface area contributed by atoms with Crippen molar-refractivity contribution < 1.29 is 9.32 Å². The van der Waals surface area contributed by atoms with Crippen molar-refractivity contribution in [3.8, 4) is 11.4 Å². The first-order valence-corrected chi connectivity index (χ1v) is 12.9. The summed E-state index contributed by atoms with van der Waals surface area (Å²) >= 11 is 7.85. The third-order valence-electron chi connectivity index (χ3n) is 6.48. The van der Waals surface area contributed by atoms with E-state index in [0.29, 0.717) is 16.7 Å². The van der Waals surface area contributed by atoms with Gasteiger partial charge < -0.3 is 9.42 Å². The van der Waals surface area contributed by atoms with Crippen molar-refractivity contribution in [1.82, 2.24) is 10.1 Å². The molecule has 35 heavy (non-hydrogen) atoms. The summed E-state index contributed by atoms with van der Waals surface area (Å²) in [4.78, 5) is 22.2. The van der Waals surface area contributed by atoms with Crippen molar-refractivity contribution in [2.24, 2.45) is 0 Å². The number of carbonyl (C=O) groups is 1. The summed E-state index contributed by atoms with van der Waals surface area (Å²) in [5, 5.41) is 4.85. The fraction of sp³-hybridized carbons (Fsp3) is 0.179. The lowest BCUT2D eigenvalue weighted by Gasteiger charge is -2.29. The average Bonchev–Trinajstić information content (AvgIpc) is 3.56. The Labute approximate surface area is 212 Å². The summed E-state index contributed by atoms with van der Waals surface area (Å²) in [7, 11) is 0. The number of aromatic nitrogens is 2. The largest absolute Gasteiger partial charge is 0.334 e. The minimum absolute atomic E-state index is 0.0815. The lowest BCUT2D eigenvalue weighted by atomic mass is 10.1. The van der Waals surface area contributed by atoms with Crippen LogP contribution in [0, 0.1) is 0 Å². The van der Waals surface area contributed by atoms with Crippen molar-refractivity contribution in [3.63, 3.8) is 0 Å². The number of nitrogens with zero attached hydrogens (tertiary/aromatic N) is 3. The predicted molar refractivity (Wildman–Crippen MR) is 140 cm³/mol. The Balaban J connectivity index is 1.36. The van der Waals surface area contributed by atoms with Crippen LogP contribution in [0.2, 0.25) is 5.02 Å². The summed E-state index contributed by atoms with van der Waals surface area (Å²) in [5.41, 5.74) is 3.43. The second-order valence-corrected chi connectivity index (χ2v) is 10.2. The Bertz CT molecular complexity index is 1440. The molecule has 0 atom stereocenters. The van der Waals surface area contributed by atoms with Crippen LogP contribution in [0.3, 0.4) is 0 Å². The molecule has 0 spiro atoms. The molecule has 1 aliphatic heterocycles. The second-order valence-electron chi connectivity index (χ2n) is 8.71. The van der Waals surface area contributed by atoms with Crippen LogP contribution in [0.4, 0.5) is 5.69 Å². The number of benzene rings is 3. The molecule has 0 saturated heterocycles. The van der Waals surface area contributed by atoms with Gasteiger partial charge in [0.1, 0.15) is 0 Å². The fourth-order valence-electron chi connectivity index (χ4n) is 4.74. The number of fused-ring (bicyclic) bond motifs is 2. The SMILES string of the molecule is O=C1c2ccccc2Sc2cc(-c3noc(/C=C/c4ccccc4Cl)n3)ccc2N1C1CCCC1. The van der Waals surface area contributed by atoms with Crippen molar-refractivity contribution in [2.75, 3.05) is 4.90 Å². The van der Waals surface area contributed by atoms with E-state index in [0.717, 1.165) is 57.9 Å². The van der Waals surface area contributed by atoms with Crippen LogP contribution >= 0.6 is 23.4 Å². The van der Waals surface area contributed by atoms with Crippen LogP contribution < -0.4 is 4.90 Å². The van der Waals surface area contributed by atoms with E-state index in [-0.39, 0.29) is 11.9 Å². The van der Waals surface area contributed by atoms with Gasteiger partial charge in [-0.3, -0.25) is 4.79 Å². The fourth-order valence-corrected chi connectivity index (χ4v) is 6.04. The van der Waals surface area contributed by atoms with Gasteiger partial charge in [-0.15, -0.1) is 0 Å². The quantitative estimate of drug-likeness (QED) is 0.289. The maximum Gasteiger partial charge on any atom is 0.259 e. The summed E-state index contributed by atoms with van der Waals surface area (Å²) in [6.07, 6.45) is 7.99. The van der Waals surface area contributed by atoms with Gasteiger partial charge in [0, 0.05) is 32.5 Å². The molecule has 2 aliphatic rings. The molecule has 2 heterocycles. The first kappa shape index (κ1) is 22.1. The smallest absolute Gasteiger partial charge is 0.259 e. The Morgan fingerprint density at radius 3 is 2.63 bits per heavy atom. The first-order valence-electron chi connectivity index (χ1n) is 11.7. The van der Waals surface area contributed by atoms with Crippen LogP contribution in [0.5, 0.6) is 0 Å². The monoisotopic (exact) mass is 499 g/mol. The number of amides is 1. The topological polar surface area (TPSA) is 59.2 Å². The third-order valence-corrected chi connectivity index (χ3v) is 7.94. The van der Waals surface area contributed by atoms with E-state index in [1.54, 1.807) is 17.8 Å². The highest BCUT2D eigenvalue weighted by molar-refractivity contribution is 7.99. The molecule has 0 radical (unpaired) electrons. The minimum Gasteiger partial charge on any atom is -0.334 e.